The molecular formula is C7H13N3O2. The molecule has 1 aromatic rings. The van der Waals surface area contributed by atoms with Crippen molar-refractivity contribution in [3.8, 4) is 0 Å². The molecule has 68 valence electrons. The number of aryl methyl sites for hydroxylation is 2. The molecule has 0 aliphatic carbocycles. The number of hydrogen-bond acceptors (Lipinski definition) is 3. The van der Waals surface area contributed by atoms with Crippen LogP contribution in [-0.4, -0.2) is 28.1 Å². The van der Waals surface area contributed by atoms with Gasteiger partial charge in [-0.1, -0.05) is 0 Å². The van der Waals surface area contributed by atoms with Crippen LogP contribution in [0.5, 0.6) is 0 Å². The Bertz CT molecular complexity index is 289. The van der Waals surface area contributed by atoms with Crippen molar-refractivity contribution in [2.45, 2.75) is 13.0 Å². The molecule has 0 aliphatic heterocycles. The predicted molar refractivity (Wildman–Crippen MR) is 44.0 cm³/mol. The topological polar surface area (TPSA) is 49.0 Å². The van der Waals surface area contributed by atoms with Crippen molar-refractivity contribution in [1.29, 1.82) is 0 Å². The second-order valence-electron chi connectivity index (χ2n) is 2.59. The fraction of sp³-hybridized carbons (Fsp3) is 0.714. The van der Waals surface area contributed by atoms with Gasteiger partial charge in [-0.05, 0) is 6.42 Å². The minimum atomic E-state index is -0.0777. The van der Waals surface area contributed by atoms with E-state index in [4.69, 9.17) is 4.74 Å². The summed E-state index contributed by atoms with van der Waals surface area (Å²) in [5, 5.41) is 3.90. The van der Waals surface area contributed by atoms with Gasteiger partial charge in [0.15, 0.2) is 0 Å². The van der Waals surface area contributed by atoms with Gasteiger partial charge < -0.3 is 4.74 Å². The summed E-state index contributed by atoms with van der Waals surface area (Å²) in [6, 6.07) is 0. The molecule has 12 heavy (non-hydrogen) atoms. The lowest BCUT2D eigenvalue weighted by atomic mass is 10.4. The van der Waals surface area contributed by atoms with Crippen LogP contribution in [-0.2, 0) is 18.3 Å². The van der Waals surface area contributed by atoms with Crippen LogP contribution >= 0.6 is 0 Å². The van der Waals surface area contributed by atoms with Gasteiger partial charge in [0.05, 0.1) is 0 Å². The van der Waals surface area contributed by atoms with Crippen molar-refractivity contribution in [3.63, 3.8) is 0 Å². The summed E-state index contributed by atoms with van der Waals surface area (Å²) in [5.74, 6) is 0. The molecule has 1 heterocycles. The average molecular weight is 171 g/mol. The zero-order valence-electron chi connectivity index (χ0n) is 7.36. The molecule has 0 saturated carbocycles. The Morgan fingerprint density at radius 2 is 2.42 bits per heavy atom. The predicted octanol–water partition coefficient (Wildman–Crippen LogP) is -0.382. The van der Waals surface area contributed by atoms with Crippen LogP contribution in [0.4, 0.5) is 0 Å². The third kappa shape index (κ3) is 1.94. The van der Waals surface area contributed by atoms with Crippen molar-refractivity contribution in [1.82, 2.24) is 14.3 Å². The molecule has 1 rings (SSSR count). The Morgan fingerprint density at radius 3 is 2.92 bits per heavy atom. The normalized spacial score (nSPS) is 10.5. The van der Waals surface area contributed by atoms with Gasteiger partial charge >= 0.3 is 5.69 Å². The molecule has 0 radical (unpaired) electrons. The molecule has 0 saturated heterocycles. The Kier molecular flexibility index (Phi) is 3.04. The minimum absolute atomic E-state index is 0.0777. The third-order valence-corrected chi connectivity index (χ3v) is 1.61. The number of ether oxygens (including phenoxy) is 1. The number of aromatic nitrogens is 3. The fourth-order valence-corrected chi connectivity index (χ4v) is 0.933. The molecule has 0 amide bonds. The maximum absolute atomic E-state index is 11.2. The fourth-order valence-electron chi connectivity index (χ4n) is 0.933. The lowest BCUT2D eigenvalue weighted by Crippen LogP contribution is -2.23. The summed E-state index contributed by atoms with van der Waals surface area (Å²) < 4.78 is 7.74. The average Bonchev–Trinajstić information content (AvgIpc) is 2.36. The highest BCUT2D eigenvalue weighted by Crippen LogP contribution is 1.84. The SMILES string of the molecule is COCCCn1ncn(C)c1=O. The van der Waals surface area contributed by atoms with Crippen LogP contribution in [0.15, 0.2) is 11.1 Å². The second kappa shape index (κ2) is 4.06. The summed E-state index contributed by atoms with van der Waals surface area (Å²) in [4.78, 5) is 11.2. The van der Waals surface area contributed by atoms with Gasteiger partial charge in [-0.25, -0.2) is 9.48 Å². The van der Waals surface area contributed by atoms with Crippen molar-refractivity contribution >= 4 is 0 Å². The van der Waals surface area contributed by atoms with E-state index in [1.54, 1.807) is 14.2 Å². The van der Waals surface area contributed by atoms with E-state index in [-0.39, 0.29) is 5.69 Å². The first kappa shape index (κ1) is 8.99. The molecule has 0 aliphatic rings. The quantitative estimate of drug-likeness (QED) is 0.580. The molecule has 0 spiro atoms. The van der Waals surface area contributed by atoms with Gasteiger partial charge in [0.2, 0.25) is 0 Å². The Labute approximate surface area is 70.6 Å². The van der Waals surface area contributed by atoms with E-state index >= 15 is 0 Å². The molecule has 0 unspecified atom stereocenters. The molecule has 0 fully saturated rings. The van der Waals surface area contributed by atoms with Crippen LogP contribution in [0.25, 0.3) is 0 Å². The van der Waals surface area contributed by atoms with Gasteiger partial charge in [-0.15, -0.1) is 0 Å². The summed E-state index contributed by atoms with van der Waals surface area (Å²) in [5.41, 5.74) is -0.0777. The van der Waals surface area contributed by atoms with Crippen molar-refractivity contribution in [2.75, 3.05) is 13.7 Å². The number of nitrogens with zero attached hydrogens (tertiary/aromatic N) is 3. The van der Waals surface area contributed by atoms with E-state index in [9.17, 15) is 4.79 Å². The third-order valence-electron chi connectivity index (χ3n) is 1.61. The highest BCUT2D eigenvalue weighted by Gasteiger charge is 1.99. The van der Waals surface area contributed by atoms with Crippen LogP contribution in [0.1, 0.15) is 6.42 Å². The highest BCUT2D eigenvalue weighted by molar-refractivity contribution is 4.64. The monoisotopic (exact) mass is 171 g/mol. The molecule has 1 aromatic heterocycles. The maximum Gasteiger partial charge on any atom is 0.345 e. The Morgan fingerprint density at radius 1 is 1.67 bits per heavy atom. The summed E-state index contributed by atoms with van der Waals surface area (Å²) in [6.07, 6.45) is 2.32. The van der Waals surface area contributed by atoms with Gasteiger partial charge in [0.25, 0.3) is 0 Å². The van der Waals surface area contributed by atoms with Gasteiger partial charge in [-0.3, -0.25) is 4.57 Å². The standard InChI is InChI=1S/C7H13N3O2/c1-9-6-8-10(7(9)11)4-3-5-12-2/h6H,3-5H2,1-2H3. The second-order valence-corrected chi connectivity index (χ2v) is 2.59. The lowest BCUT2D eigenvalue weighted by molar-refractivity contribution is 0.188. The summed E-state index contributed by atoms with van der Waals surface area (Å²) in [7, 11) is 3.32. The minimum Gasteiger partial charge on any atom is -0.385 e. The van der Waals surface area contributed by atoms with E-state index in [2.05, 4.69) is 5.10 Å². The van der Waals surface area contributed by atoms with Crippen LogP contribution < -0.4 is 5.69 Å². The van der Waals surface area contributed by atoms with E-state index in [1.165, 1.54) is 15.6 Å². The van der Waals surface area contributed by atoms with Crippen LogP contribution in [0.3, 0.4) is 0 Å². The lowest BCUT2D eigenvalue weighted by Gasteiger charge is -1.97. The van der Waals surface area contributed by atoms with Gasteiger partial charge in [0, 0.05) is 27.3 Å². The van der Waals surface area contributed by atoms with Crippen LogP contribution in [0, 0.1) is 0 Å². The first-order valence-corrected chi connectivity index (χ1v) is 3.83. The first-order chi connectivity index (χ1) is 5.75. The number of methoxy groups -OCH3 is 1. The maximum atomic E-state index is 11.2. The van der Waals surface area contributed by atoms with E-state index in [0.29, 0.717) is 13.2 Å². The molecule has 0 bridgehead atoms. The van der Waals surface area contributed by atoms with Crippen molar-refractivity contribution < 1.29 is 4.74 Å². The zero-order chi connectivity index (χ0) is 8.97. The summed E-state index contributed by atoms with van der Waals surface area (Å²) >= 11 is 0. The first-order valence-electron chi connectivity index (χ1n) is 3.83. The molecular weight excluding hydrogens is 158 g/mol. The number of hydrogen-bond donors (Lipinski definition) is 0. The number of rotatable bonds is 4. The van der Waals surface area contributed by atoms with E-state index < -0.39 is 0 Å². The summed E-state index contributed by atoms with van der Waals surface area (Å²) in [6.45, 7) is 1.27. The van der Waals surface area contributed by atoms with Crippen molar-refractivity contribution in [2.24, 2.45) is 7.05 Å². The van der Waals surface area contributed by atoms with E-state index in [1.807, 2.05) is 0 Å². The molecule has 0 aromatic carbocycles. The largest absolute Gasteiger partial charge is 0.385 e. The van der Waals surface area contributed by atoms with Gasteiger partial charge in [-0.2, -0.15) is 5.10 Å². The molecule has 5 nitrogen and oxygen atoms in total. The van der Waals surface area contributed by atoms with E-state index in [0.717, 1.165) is 6.42 Å². The van der Waals surface area contributed by atoms with Crippen LogP contribution in [0.2, 0.25) is 0 Å². The molecule has 5 heteroatoms. The zero-order valence-corrected chi connectivity index (χ0v) is 7.36. The Hall–Kier alpha value is -1.10. The molecule has 0 N–H and O–H groups in total. The highest BCUT2D eigenvalue weighted by atomic mass is 16.5. The van der Waals surface area contributed by atoms with Crippen molar-refractivity contribution in [3.05, 3.63) is 16.8 Å². The van der Waals surface area contributed by atoms with Gasteiger partial charge in [0.1, 0.15) is 6.33 Å². The Balaban J connectivity index is 2.52. The molecule has 0 atom stereocenters. The smallest absolute Gasteiger partial charge is 0.345 e.